The van der Waals surface area contributed by atoms with Crippen molar-refractivity contribution in [2.45, 2.75) is 20.3 Å². The van der Waals surface area contributed by atoms with Gasteiger partial charge in [0.1, 0.15) is 0 Å². The number of hydrogen-bond donors (Lipinski definition) is 1. The first-order valence-electron chi connectivity index (χ1n) is 7.37. The van der Waals surface area contributed by atoms with Gasteiger partial charge < -0.3 is 14.7 Å². The Labute approximate surface area is 130 Å². The molecule has 22 heavy (non-hydrogen) atoms. The van der Waals surface area contributed by atoms with Crippen molar-refractivity contribution in [2.24, 2.45) is 5.92 Å². The highest BCUT2D eigenvalue weighted by molar-refractivity contribution is 5.89. The van der Waals surface area contributed by atoms with Crippen LogP contribution in [0.5, 0.6) is 0 Å². The molecule has 0 saturated heterocycles. The molecule has 0 aliphatic heterocycles. The summed E-state index contributed by atoms with van der Waals surface area (Å²) < 4.78 is 5.03. The molecule has 1 amide bonds. The molecule has 2 aromatic rings. The summed E-state index contributed by atoms with van der Waals surface area (Å²) in [6, 6.07) is 7.74. The van der Waals surface area contributed by atoms with Gasteiger partial charge in [0.05, 0.1) is 0 Å². The van der Waals surface area contributed by atoms with Crippen LogP contribution in [-0.4, -0.2) is 36.7 Å². The van der Waals surface area contributed by atoms with Gasteiger partial charge in [-0.2, -0.15) is 4.98 Å². The molecule has 0 unspecified atom stereocenters. The Bertz CT molecular complexity index is 617. The maximum absolute atomic E-state index is 11.9. The van der Waals surface area contributed by atoms with Crippen LogP contribution in [0.1, 0.15) is 31.0 Å². The van der Waals surface area contributed by atoms with E-state index in [1.54, 1.807) is 0 Å². The molecule has 0 aliphatic carbocycles. The molecule has 0 saturated carbocycles. The van der Waals surface area contributed by atoms with Gasteiger partial charge in [-0.05, 0) is 36.6 Å². The number of carbonyl (C=O) groups is 1. The maximum atomic E-state index is 11.9. The Morgan fingerprint density at radius 3 is 2.55 bits per heavy atom. The van der Waals surface area contributed by atoms with Crippen molar-refractivity contribution >= 4 is 11.6 Å². The minimum absolute atomic E-state index is 0.00422. The van der Waals surface area contributed by atoms with Crippen LogP contribution >= 0.6 is 0 Å². The normalized spacial score (nSPS) is 10.8. The second-order valence-electron chi connectivity index (χ2n) is 5.80. The van der Waals surface area contributed by atoms with Gasteiger partial charge in [-0.3, -0.25) is 4.79 Å². The zero-order chi connectivity index (χ0) is 16.1. The van der Waals surface area contributed by atoms with Crippen LogP contribution in [0.3, 0.4) is 0 Å². The number of amides is 1. The molecule has 6 heteroatoms. The van der Waals surface area contributed by atoms with Crippen LogP contribution < -0.4 is 10.2 Å². The predicted octanol–water partition coefficient (Wildman–Crippen LogP) is 2.58. The summed E-state index contributed by atoms with van der Waals surface area (Å²) >= 11 is 0. The molecule has 1 aromatic carbocycles. The van der Waals surface area contributed by atoms with Crippen molar-refractivity contribution in [1.82, 2.24) is 15.5 Å². The van der Waals surface area contributed by atoms with Crippen molar-refractivity contribution in [3.63, 3.8) is 0 Å². The molecule has 0 aliphatic rings. The fraction of sp³-hybridized carbons (Fsp3) is 0.438. The molecule has 118 valence electrons. The number of carbonyl (C=O) groups excluding carboxylic acids is 1. The molecule has 0 radical (unpaired) electrons. The Kier molecular flexibility index (Phi) is 5.14. The van der Waals surface area contributed by atoms with Crippen molar-refractivity contribution in [2.75, 3.05) is 25.5 Å². The van der Waals surface area contributed by atoms with E-state index in [0.717, 1.165) is 17.7 Å². The lowest BCUT2D eigenvalue weighted by molar-refractivity contribution is 0.0908. The molecule has 0 spiro atoms. The third-order valence-electron chi connectivity index (χ3n) is 3.27. The van der Waals surface area contributed by atoms with Crippen LogP contribution in [0.25, 0.3) is 11.4 Å². The smallest absolute Gasteiger partial charge is 0.316 e. The highest BCUT2D eigenvalue weighted by atomic mass is 16.5. The number of nitrogens with zero attached hydrogens (tertiary/aromatic N) is 3. The lowest BCUT2D eigenvalue weighted by Crippen LogP contribution is -2.25. The van der Waals surface area contributed by atoms with E-state index in [9.17, 15) is 4.79 Å². The highest BCUT2D eigenvalue weighted by Crippen LogP contribution is 2.19. The number of aromatic nitrogens is 2. The monoisotopic (exact) mass is 302 g/mol. The van der Waals surface area contributed by atoms with E-state index < -0.39 is 0 Å². The van der Waals surface area contributed by atoms with Crippen LogP contribution in [0.4, 0.5) is 5.69 Å². The Morgan fingerprint density at radius 2 is 1.95 bits per heavy atom. The van der Waals surface area contributed by atoms with E-state index in [4.69, 9.17) is 4.52 Å². The first-order chi connectivity index (χ1) is 10.5. The van der Waals surface area contributed by atoms with Crippen LogP contribution in [-0.2, 0) is 0 Å². The van der Waals surface area contributed by atoms with Crippen molar-refractivity contribution in [3.8, 4) is 11.4 Å². The number of benzene rings is 1. The average Bonchev–Trinajstić information content (AvgIpc) is 2.96. The second kappa shape index (κ2) is 7.06. The minimum atomic E-state index is -0.329. The van der Waals surface area contributed by atoms with E-state index in [2.05, 4.69) is 29.3 Å². The summed E-state index contributed by atoms with van der Waals surface area (Å²) in [5.41, 5.74) is 1.90. The second-order valence-corrected chi connectivity index (χ2v) is 5.80. The zero-order valence-electron chi connectivity index (χ0n) is 13.5. The van der Waals surface area contributed by atoms with Crippen LogP contribution in [0, 0.1) is 5.92 Å². The standard InChI is InChI=1S/C16H22N4O2/c1-11(2)9-10-17-15(21)16-18-14(19-22-16)12-5-7-13(8-6-12)20(3)4/h5-8,11H,9-10H2,1-4H3,(H,17,21). The van der Waals surface area contributed by atoms with Gasteiger partial charge in [0, 0.05) is 31.9 Å². The van der Waals surface area contributed by atoms with Crippen molar-refractivity contribution < 1.29 is 9.32 Å². The molecule has 1 N–H and O–H groups in total. The lowest BCUT2D eigenvalue weighted by Gasteiger charge is -2.11. The number of rotatable bonds is 6. The largest absolute Gasteiger partial charge is 0.378 e. The molecule has 1 heterocycles. The number of anilines is 1. The van der Waals surface area contributed by atoms with Gasteiger partial charge in [-0.25, -0.2) is 0 Å². The van der Waals surface area contributed by atoms with Crippen molar-refractivity contribution in [1.29, 1.82) is 0 Å². The SMILES string of the molecule is CC(C)CCNC(=O)c1nc(-c2ccc(N(C)C)cc2)no1. The molecule has 0 fully saturated rings. The van der Waals surface area contributed by atoms with E-state index in [-0.39, 0.29) is 11.8 Å². The third-order valence-corrected chi connectivity index (χ3v) is 3.27. The summed E-state index contributed by atoms with van der Waals surface area (Å²) in [5.74, 6) is 0.618. The summed E-state index contributed by atoms with van der Waals surface area (Å²) in [6.07, 6.45) is 0.915. The summed E-state index contributed by atoms with van der Waals surface area (Å²) in [7, 11) is 3.95. The number of nitrogens with one attached hydrogen (secondary N) is 1. The molecular formula is C16H22N4O2. The lowest BCUT2D eigenvalue weighted by atomic mass is 10.1. The van der Waals surface area contributed by atoms with Crippen LogP contribution in [0.15, 0.2) is 28.8 Å². The first kappa shape index (κ1) is 16.0. The van der Waals surface area contributed by atoms with Gasteiger partial charge in [-0.1, -0.05) is 19.0 Å². The van der Waals surface area contributed by atoms with E-state index in [1.807, 2.05) is 43.3 Å². The molecule has 1 aromatic heterocycles. The predicted molar refractivity (Wildman–Crippen MR) is 85.8 cm³/mol. The molecule has 0 bridgehead atoms. The summed E-state index contributed by atoms with van der Waals surface area (Å²) in [6.45, 7) is 4.81. The average molecular weight is 302 g/mol. The van der Waals surface area contributed by atoms with Gasteiger partial charge >= 0.3 is 11.8 Å². The number of hydrogen-bond acceptors (Lipinski definition) is 5. The van der Waals surface area contributed by atoms with Gasteiger partial charge in [0.25, 0.3) is 0 Å². The Hall–Kier alpha value is -2.37. The van der Waals surface area contributed by atoms with Gasteiger partial charge in [-0.15, -0.1) is 0 Å². The topological polar surface area (TPSA) is 71.3 Å². The maximum Gasteiger partial charge on any atom is 0.316 e. The fourth-order valence-electron chi connectivity index (χ4n) is 1.89. The fourth-order valence-corrected chi connectivity index (χ4v) is 1.89. The Morgan fingerprint density at radius 1 is 1.27 bits per heavy atom. The quantitative estimate of drug-likeness (QED) is 0.888. The first-order valence-corrected chi connectivity index (χ1v) is 7.37. The summed E-state index contributed by atoms with van der Waals surface area (Å²) in [4.78, 5) is 18.1. The van der Waals surface area contributed by atoms with Gasteiger partial charge in [0.2, 0.25) is 5.82 Å². The minimum Gasteiger partial charge on any atom is -0.378 e. The highest BCUT2D eigenvalue weighted by Gasteiger charge is 2.15. The van der Waals surface area contributed by atoms with E-state index in [1.165, 1.54) is 0 Å². The molecule has 0 atom stereocenters. The zero-order valence-corrected chi connectivity index (χ0v) is 13.5. The van der Waals surface area contributed by atoms with E-state index >= 15 is 0 Å². The molecule has 2 rings (SSSR count). The van der Waals surface area contributed by atoms with E-state index in [0.29, 0.717) is 18.3 Å². The third kappa shape index (κ3) is 4.07. The van der Waals surface area contributed by atoms with Crippen molar-refractivity contribution in [3.05, 3.63) is 30.2 Å². The molecular weight excluding hydrogens is 280 g/mol. The van der Waals surface area contributed by atoms with Gasteiger partial charge in [0.15, 0.2) is 0 Å². The Balaban J connectivity index is 2.02. The molecule has 6 nitrogen and oxygen atoms in total. The van der Waals surface area contributed by atoms with Crippen LogP contribution in [0.2, 0.25) is 0 Å². The summed E-state index contributed by atoms with van der Waals surface area (Å²) in [5, 5.41) is 6.64.